The average molecular weight is 309 g/mol. The van der Waals surface area contributed by atoms with E-state index in [1.54, 1.807) is 13.8 Å². The fourth-order valence-corrected chi connectivity index (χ4v) is 2.72. The Balaban J connectivity index is 3.08. The van der Waals surface area contributed by atoms with Gasteiger partial charge in [-0.15, -0.1) is 0 Å². The summed E-state index contributed by atoms with van der Waals surface area (Å²) >= 11 is 0. The Morgan fingerprint density at radius 2 is 1.95 bits per heavy atom. The number of hydrogen-bond acceptors (Lipinski definition) is 5. The summed E-state index contributed by atoms with van der Waals surface area (Å²) in [7, 11) is -2.99. The van der Waals surface area contributed by atoms with Crippen LogP contribution >= 0.6 is 0 Å². The predicted octanol–water partition coefficient (Wildman–Crippen LogP) is 2.52. The Morgan fingerprint density at radius 3 is 2.38 bits per heavy atom. The number of nitrogens with zero attached hydrogens (tertiary/aromatic N) is 3. The van der Waals surface area contributed by atoms with E-state index in [0.29, 0.717) is 0 Å². The second-order valence-corrected chi connectivity index (χ2v) is 7.47. The van der Waals surface area contributed by atoms with Crippen molar-refractivity contribution in [2.24, 2.45) is 9.78 Å². The van der Waals surface area contributed by atoms with Gasteiger partial charge in [0.1, 0.15) is 0 Å². The van der Waals surface area contributed by atoms with E-state index in [1.807, 2.05) is 6.07 Å². The molecule has 112 valence electrons. The van der Waals surface area contributed by atoms with Crippen LogP contribution in [0.5, 0.6) is 0 Å². The van der Waals surface area contributed by atoms with Gasteiger partial charge in [-0.25, -0.2) is 4.21 Å². The normalized spacial score (nSPS) is 13.8. The molecule has 1 aromatic rings. The van der Waals surface area contributed by atoms with Crippen molar-refractivity contribution in [1.82, 2.24) is 0 Å². The smallest absolute Gasteiger partial charge is 0.269 e. The summed E-state index contributed by atoms with van der Waals surface area (Å²) < 4.78 is 16.1. The van der Waals surface area contributed by atoms with E-state index in [9.17, 15) is 19.1 Å². The lowest BCUT2D eigenvalue weighted by Crippen LogP contribution is -2.14. The number of non-ortho nitro benzene ring substituents is 1. The lowest BCUT2D eigenvalue weighted by Gasteiger charge is -2.12. The fraction of sp³-hybridized carbons (Fsp3) is 0.385. The van der Waals surface area contributed by atoms with Crippen LogP contribution in [0.1, 0.15) is 20.3 Å². The summed E-state index contributed by atoms with van der Waals surface area (Å²) in [6.07, 6.45) is 1.15. The molecule has 1 aromatic carbocycles. The van der Waals surface area contributed by atoms with Crippen LogP contribution in [0, 0.1) is 26.9 Å². The van der Waals surface area contributed by atoms with Crippen molar-refractivity contribution in [3.05, 3.63) is 34.4 Å². The van der Waals surface area contributed by atoms with Gasteiger partial charge in [0.15, 0.2) is 0 Å². The van der Waals surface area contributed by atoms with Crippen LogP contribution in [0.3, 0.4) is 0 Å². The van der Waals surface area contributed by atoms with Gasteiger partial charge in [-0.2, -0.15) is 9.62 Å². The highest BCUT2D eigenvalue weighted by Gasteiger charge is 2.22. The Hall–Kier alpha value is -2.27. The predicted molar refractivity (Wildman–Crippen MR) is 76.9 cm³/mol. The molecule has 1 atom stereocenters. The number of nitro benzene ring substituents is 1. The van der Waals surface area contributed by atoms with E-state index < -0.39 is 26.0 Å². The molecule has 7 nitrogen and oxygen atoms in total. The minimum atomic E-state index is -2.99. The van der Waals surface area contributed by atoms with Gasteiger partial charge >= 0.3 is 0 Å². The molecule has 0 aliphatic heterocycles. The van der Waals surface area contributed by atoms with Crippen LogP contribution in [0.25, 0.3) is 0 Å². The van der Waals surface area contributed by atoms with Crippen molar-refractivity contribution >= 4 is 21.3 Å². The first-order valence-electron chi connectivity index (χ1n) is 5.98. The average Bonchev–Trinajstić information content (AvgIpc) is 2.37. The molecule has 0 aliphatic rings. The summed E-state index contributed by atoms with van der Waals surface area (Å²) in [6, 6.07) is 7.01. The van der Waals surface area contributed by atoms with E-state index in [-0.39, 0.29) is 17.0 Å². The number of nitriles is 1. The molecule has 0 radical (unpaired) electrons. The maximum absolute atomic E-state index is 12.4. The molecule has 0 aliphatic carbocycles. The highest BCUT2D eigenvalue weighted by Crippen LogP contribution is 2.21. The quantitative estimate of drug-likeness (QED) is 0.626. The van der Waals surface area contributed by atoms with Crippen molar-refractivity contribution in [2.45, 2.75) is 25.2 Å². The Kier molecular flexibility index (Phi) is 4.80. The maximum Gasteiger partial charge on any atom is 0.269 e. The molecule has 0 fully saturated rings. The van der Waals surface area contributed by atoms with E-state index in [1.165, 1.54) is 30.5 Å². The van der Waals surface area contributed by atoms with Gasteiger partial charge in [0.05, 0.1) is 26.1 Å². The molecule has 21 heavy (non-hydrogen) atoms. The van der Waals surface area contributed by atoms with Crippen LogP contribution in [0.4, 0.5) is 5.69 Å². The second kappa shape index (κ2) is 6.01. The molecule has 0 saturated carbocycles. The van der Waals surface area contributed by atoms with Gasteiger partial charge in [0.25, 0.3) is 11.6 Å². The van der Waals surface area contributed by atoms with Crippen LogP contribution in [0.2, 0.25) is 0 Å². The van der Waals surface area contributed by atoms with Gasteiger partial charge in [-0.3, -0.25) is 14.9 Å². The van der Waals surface area contributed by atoms with E-state index in [0.717, 1.165) is 0 Å². The van der Waals surface area contributed by atoms with Crippen molar-refractivity contribution in [1.29, 1.82) is 5.26 Å². The number of carbonyl (C=O) groups is 1. The SMILES string of the molecule is CC(C)(C#N)CC(=O)N=S(C)(=O)c1ccc([N+](=O)[O-])cc1. The lowest BCUT2D eigenvalue weighted by molar-refractivity contribution is -0.384. The first-order chi connectivity index (χ1) is 9.57. The van der Waals surface area contributed by atoms with Crippen LogP contribution in [-0.2, 0) is 14.5 Å². The molecule has 0 N–H and O–H groups in total. The molecule has 1 rings (SSSR count). The number of amides is 1. The molecule has 0 saturated heterocycles. The third-order valence-electron chi connectivity index (χ3n) is 2.66. The number of nitro groups is 1. The molecular weight excluding hydrogens is 294 g/mol. The summed E-state index contributed by atoms with van der Waals surface area (Å²) in [4.78, 5) is 22.0. The summed E-state index contributed by atoms with van der Waals surface area (Å²) in [6.45, 7) is 3.17. The third kappa shape index (κ3) is 4.65. The van der Waals surface area contributed by atoms with Crippen molar-refractivity contribution < 1.29 is 13.9 Å². The number of benzene rings is 1. The minimum absolute atomic E-state index is 0.133. The van der Waals surface area contributed by atoms with Crippen LogP contribution in [0.15, 0.2) is 33.5 Å². The summed E-state index contributed by atoms with van der Waals surface area (Å²) in [5, 5.41) is 19.4. The summed E-state index contributed by atoms with van der Waals surface area (Å²) in [5.41, 5.74) is -1.02. The molecule has 0 aromatic heterocycles. The van der Waals surface area contributed by atoms with Crippen molar-refractivity contribution in [3.8, 4) is 6.07 Å². The molecule has 0 heterocycles. The molecule has 0 spiro atoms. The van der Waals surface area contributed by atoms with E-state index in [4.69, 9.17) is 5.26 Å². The Morgan fingerprint density at radius 1 is 1.43 bits per heavy atom. The van der Waals surface area contributed by atoms with Gasteiger partial charge in [-0.1, -0.05) is 0 Å². The first-order valence-corrected chi connectivity index (χ1v) is 7.90. The zero-order valence-electron chi connectivity index (χ0n) is 11.9. The monoisotopic (exact) mass is 309 g/mol. The highest BCUT2D eigenvalue weighted by molar-refractivity contribution is 7.93. The third-order valence-corrected chi connectivity index (χ3v) is 4.36. The lowest BCUT2D eigenvalue weighted by atomic mass is 9.91. The van der Waals surface area contributed by atoms with Gasteiger partial charge in [0.2, 0.25) is 0 Å². The topological polar surface area (TPSA) is 113 Å². The van der Waals surface area contributed by atoms with E-state index in [2.05, 4.69) is 4.36 Å². The fourth-order valence-electron chi connectivity index (χ4n) is 1.52. The highest BCUT2D eigenvalue weighted by atomic mass is 32.2. The molecular formula is C13H15N3O4S. The van der Waals surface area contributed by atoms with Crippen molar-refractivity contribution in [2.75, 3.05) is 6.26 Å². The minimum Gasteiger partial charge on any atom is -0.272 e. The number of rotatable bonds is 4. The molecule has 1 amide bonds. The zero-order chi connectivity index (χ0) is 16.3. The number of hydrogen-bond donors (Lipinski definition) is 0. The Bertz CT molecular complexity index is 723. The summed E-state index contributed by atoms with van der Waals surface area (Å²) in [5.74, 6) is -0.632. The van der Waals surface area contributed by atoms with Crippen LogP contribution in [-0.4, -0.2) is 21.3 Å². The van der Waals surface area contributed by atoms with Crippen LogP contribution < -0.4 is 0 Å². The first kappa shape index (κ1) is 16.8. The van der Waals surface area contributed by atoms with E-state index >= 15 is 0 Å². The maximum atomic E-state index is 12.4. The molecule has 1 unspecified atom stereocenters. The van der Waals surface area contributed by atoms with Crippen molar-refractivity contribution in [3.63, 3.8) is 0 Å². The van der Waals surface area contributed by atoms with Gasteiger partial charge < -0.3 is 0 Å². The molecule has 8 heteroatoms. The Labute approximate surface area is 122 Å². The molecule has 0 bridgehead atoms. The van der Waals surface area contributed by atoms with Gasteiger partial charge in [0, 0.05) is 29.7 Å². The number of carbonyl (C=O) groups excluding carboxylic acids is 1. The largest absolute Gasteiger partial charge is 0.272 e. The standard InChI is InChI=1S/C13H15N3O4S/c1-13(2,9-14)8-12(17)15-21(3,20)11-6-4-10(5-7-11)16(18)19/h4-7H,8H2,1-3H3. The van der Waals surface area contributed by atoms with Gasteiger partial charge in [-0.05, 0) is 26.0 Å². The second-order valence-electron chi connectivity index (χ2n) is 5.21. The zero-order valence-corrected chi connectivity index (χ0v) is 12.7.